The molecular weight excluding hydrogens is 292 g/mol. The van der Waals surface area contributed by atoms with Gasteiger partial charge in [0.05, 0.1) is 5.56 Å². The molecule has 0 spiro atoms. The minimum atomic E-state index is -0.943. The minimum Gasteiger partial charge on any atom is -0.478 e. The fourth-order valence-corrected chi connectivity index (χ4v) is 2.43. The zero-order valence-corrected chi connectivity index (χ0v) is 11.5. The van der Waals surface area contributed by atoms with Gasteiger partial charge < -0.3 is 10.0 Å². The monoisotopic (exact) mass is 304 g/mol. The molecule has 1 rings (SSSR count). The molecule has 1 N–H and O–H groups in total. The first-order valence-corrected chi connectivity index (χ1v) is 6.45. The predicted octanol–water partition coefficient (Wildman–Crippen LogP) is 2.20. The second-order valence-corrected chi connectivity index (χ2v) is 5.46. The zero-order chi connectivity index (χ0) is 12.1. The maximum Gasteiger partial charge on any atom is 0.338 e. The topological polar surface area (TPSA) is 53.4 Å². The SMILES string of the molecule is CN(C)CCSc1ncc(Br)cc1C(=O)O. The van der Waals surface area contributed by atoms with Gasteiger partial charge in [-0.2, -0.15) is 0 Å². The Morgan fingerprint density at radius 3 is 2.88 bits per heavy atom. The van der Waals surface area contributed by atoms with Crippen LogP contribution in [0.25, 0.3) is 0 Å². The van der Waals surface area contributed by atoms with Gasteiger partial charge in [0.15, 0.2) is 0 Å². The Hall–Kier alpha value is -0.590. The Kier molecular flexibility index (Phi) is 5.24. The molecule has 88 valence electrons. The summed E-state index contributed by atoms with van der Waals surface area (Å²) >= 11 is 4.67. The molecule has 0 radical (unpaired) electrons. The van der Waals surface area contributed by atoms with Gasteiger partial charge >= 0.3 is 5.97 Å². The fourth-order valence-electron chi connectivity index (χ4n) is 1.02. The normalized spacial score (nSPS) is 10.8. The molecule has 0 saturated heterocycles. The smallest absolute Gasteiger partial charge is 0.338 e. The van der Waals surface area contributed by atoms with Crippen LogP contribution in [0.3, 0.4) is 0 Å². The van der Waals surface area contributed by atoms with Crippen LogP contribution in [0.4, 0.5) is 0 Å². The highest BCUT2D eigenvalue weighted by Crippen LogP contribution is 2.23. The Bertz CT molecular complexity index is 385. The molecule has 1 heterocycles. The molecule has 0 aliphatic carbocycles. The van der Waals surface area contributed by atoms with Crippen LogP contribution < -0.4 is 0 Å². The Balaban J connectivity index is 2.75. The summed E-state index contributed by atoms with van der Waals surface area (Å²) in [5, 5.41) is 9.58. The molecule has 0 amide bonds. The number of thioether (sulfide) groups is 1. The van der Waals surface area contributed by atoms with E-state index in [1.165, 1.54) is 11.8 Å². The molecule has 4 nitrogen and oxygen atoms in total. The van der Waals surface area contributed by atoms with Gasteiger partial charge in [0.2, 0.25) is 0 Å². The van der Waals surface area contributed by atoms with Gasteiger partial charge in [-0.15, -0.1) is 11.8 Å². The molecule has 1 aromatic rings. The maximum absolute atomic E-state index is 11.0. The van der Waals surface area contributed by atoms with Gasteiger partial charge in [0.25, 0.3) is 0 Å². The second kappa shape index (κ2) is 6.22. The molecule has 0 aliphatic heterocycles. The molecule has 1 aromatic heterocycles. The van der Waals surface area contributed by atoms with Crippen molar-refractivity contribution in [1.82, 2.24) is 9.88 Å². The summed E-state index contributed by atoms with van der Waals surface area (Å²) in [5.41, 5.74) is 0.248. The summed E-state index contributed by atoms with van der Waals surface area (Å²) in [4.78, 5) is 17.1. The van der Waals surface area contributed by atoms with Gasteiger partial charge in [-0.05, 0) is 36.1 Å². The van der Waals surface area contributed by atoms with Crippen LogP contribution in [-0.4, -0.2) is 47.4 Å². The summed E-state index contributed by atoms with van der Waals surface area (Å²) in [6.45, 7) is 0.890. The number of carbonyl (C=O) groups is 1. The van der Waals surface area contributed by atoms with Gasteiger partial charge in [0, 0.05) is 23.0 Å². The molecule has 0 fully saturated rings. The average molecular weight is 305 g/mol. The van der Waals surface area contributed by atoms with Crippen LogP contribution in [0, 0.1) is 0 Å². The van der Waals surface area contributed by atoms with E-state index in [0.29, 0.717) is 9.50 Å². The summed E-state index contributed by atoms with van der Waals surface area (Å²) in [5.74, 6) is -0.122. The van der Waals surface area contributed by atoms with Crippen molar-refractivity contribution < 1.29 is 9.90 Å². The highest BCUT2D eigenvalue weighted by molar-refractivity contribution is 9.10. The first kappa shape index (κ1) is 13.5. The number of hydrogen-bond donors (Lipinski definition) is 1. The molecular formula is C10H13BrN2O2S. The fraction of sp³-hybridized carbons (Fsp3) is 0.400. The van der Waals surface area contributed by atoms with Crippen molar-refractivity contribution in [2.45, 2.75) is 5.03 Å². The van der Waals surface area contributed by atoms with E-state index in [9.17, 15) is 4.79 Å². The zero-order valence-electron chi connectivity index (χ0n) is 9.11. The van der Waals surface area contributed by atoms with Gasteiger partial charge in [-0.25, -0.2) is 9.78 Å². The van der Waals surface area contributed by atoms with Crippen LogP contribution in [0.5, 0.6) is 0 Å². The van der Waals surface area contributed by atoms with E-state index in [2.05, 4.69) is 20.9 Å². The van der Waals surface area contributed by atoms with E-state index in [-0.39, 0.29) is 5.56 Å². The van der Waals surface area contributed by atoms with Crippen LogP contribution >= 0.6 is 27.7 Å². The average Bonchev–Trinajstić information content (AvgIpc) is 2.19. The molecule has 16 heavy (non-hydrogen) atoms. The van der Waals surface area contributed by atoms with Crippen LogP contribution in [0.1, 0.15) is 10.4 Å². The van der Waals surface area contributed by atoms with Crippen molar-refractivity contribution in [3.05, 3.63) is 22.3 Å². The van der Waals surface area contributed by atoms with E-state index >= 15 is 0 Å². The van der Waals surface area contributed by atoms with E-state index in [1.807, 2.05) is 19.0 Å². The summed E-state index contributed by atoms with van der Waals surface area (Å²) in [6.07, 6.45) is 1.62. The van der Waals surface area contributed by atoms with E-state index in [1.54, 1.807) is 12.3 Å². The lowest BCUT2D eigenvalue weighted by Crippen LogP contribution is -2.15. The Morgan fingerprint density at radius 2 is 2.31 bits per heavy atom. The van der Waals surface area contributed by atoms with Crippen LogP contribution in [0.2, 0.25) is 0 Å². The molecule has 0 bridgehead atoms. The van der Waals surface area contributed by atoms with Crippen molar-refractivity contribution >= 4 is 33.7 Å². The maximum atomic E-state index is 11.0. The van der Waals surface area contributed by atoms with Crippen LogP contribution in [0.15, 0.2) is 21.8 Å². The lowest BCUT2D eigenvalue weighted by atomic mass is 10.3. The minimum absolute atomic E-state index is 0.248. The Labute approximate surface area is 107 Å². The Morgan fingerprint density at radius 1 is 1.62 bits per heavy atom. The second-order valence-electron chi connectivity index (χ2n) is 3.46. The summed E-state index contributed by atoms with van der Waals surface area (Å²) in [6, 6.07) is 1.58. The molecule has 0 aliphatic rings. The third-order valence-electron chi connectivity index (χ3n) is 1.83. The number of aromatic nitrogens is 1. The molecule has 0 saturated carbocycles. The first-order chi connectivity index (χ1) is 7.50. The van der Waals surface area contributed by atoms with E-state index in [0.717, 1.165) is 12.3 Å². The molecule has 0 aromatic carbocycles. The number of aromatic carboxylic acids is 1. The number of carboxylic acid groups (broad SMARTS) is 1. The van der Waals surface area contributed by atoms with Gasteiger partial charge in [-0.1, -0.05) is 0 Å². The van der Waals surface area contributed by atoms with Crippen LogP contribution in [-0.2, 0) is 0 Å². The van der Waals surface area contributed by atoms with Crippen molar-refractivity contribution in [2.75, 3.05) is 26.4 Å². The lowest BCUT2D eigenvalue weighted by Gasteiger charge is -2.09. The van der Waals surface area contributed by atoms with Gasteiger partial charge in [-0.3, -0.25) is 0 Å². The first-order valence-electron chi connectivity index (χ1n) is 4.67. The molecule has 6 heteroatoms. The number of pyridine rings is 1. The highest BCUT2D eigenvalue weighted by Gasteiger charge is 2.12. The molecule has 0 unspecified atom stereocenters. The highest BCUT2D eigenvalue weighted by atomic mass is 79.9. The molecule has 0 atom stereocenters. The standard InChI is InChI=1S/C10H13BrN2O2S/c1-13(2)3-4-16-9-8(10(14)15)5-7(11)6-12-9/h5-6H,3-4H2,1-2H3,(H,14,15). The predicted molar refractivity (Wildman–Crippen MR) is 68.2 cm³/mol. The number of carboxylic acids is 1. The largest absolute Gasteiger partial charge is 0.478 e. The number of hydrogen-bond acceptors (Lipinski definition) is 4. The van der Waals surface area contributed by atoms with E-state index in [4.69, 9.17) is 5.11 Å². The summed E-state index contributed by atoms with van der Waals surface area (Å²) in [7, 11) is 3.96. The summed E-state index contributed by atoms with van der Waals surface area (Å²) < 4.78 is 0.682. The van der Waals surface area contributed by atoms with Crippen molar-refractivity contribution in [1.29, 1.82) is 0 Å². The number of rotatable bonds is 5. The van der Waals surface area contributed by atoms with E-state index < -0.39 is 5.97 Å². The third kappa shape index (κ3) is 4.11. The third-order valence-corrected chi connectivity index (χ3v) is 3.24. The van der Waals surface area contributed by atoms with Crippen molar-refractivity contribution in [3.8, 4) is 0 Å². The van der Waals surface area contributed by atoms with Crippen molar-refractivity contribution in [2.24, 2.45) is 0 Å². The number of nitrogens with zero attached hydrogens (tertiary/aromatic N) is 2. The lowest BCUT2D eigenvalue weighted by molar-refractivity contribution is 0.0692. The van der Waals surface area contributed by atoms with Crippen molar-refractivity contribution in [3.63, 3.8) is 0 Å². The quantitative estimate of drug-likeness (QED) is 0.845. The van der Waals surface area contributed by atoms with Gasteiger partial charge in [0.1, 0.15) is 5.03 Å². The number of halogens is 1.